The summed E-state index contributed by atoms with van der Waals surface area (Å²) in [6.45, 7) is 3.51. The van der Waals surface area contributed by atoms with Crippen LogP contribution in [0.2, 0.25) is 0 Å². The van der Waals surface area contributed by atoms with Gasteiger partial charge in [-0.1, -0.05) is 23.1 Å². The Bertz CT molecular complexity index is 656. The predicted molar refractivity (Wildman–Crippen MR) is 95.4 cm³/mol. The molecule has 0 spiro atoms. The molecule has 1 atom stereocenters. The maximum Gasteiger partial charge on any atom is 0.203 e. The van der Waals surface area contributed by atoms with Crippen LogP contribution in [0.5, 0.6) is 5.75 Å². The van der Waals surface area contributed by atoms with Gasteiger partial charge in [-0.15, -0.1) is 22.0 Å². The molecule has 1 aliphatic rings. The summed E-state index contributed by atoms with van der Waals surface area (Å²) in [6, 6.07) is 8.12. The van der Waals surface area contributed by atoms with Crippen molar-refractivity contribution in [3.8, 4) is 5.75 Å². The zero-order chi connectivity index (χ0) is 15.4. The molecule has 0 amide bonds. The highest BCUT2D eigenvalue weighted by Crippen LogP contribution is 2.32. The molecule has 0 fully saturated rings. The highest BCUT2D eigenvalue weighted by Gasteiger charge is 2.21. The minimum Gasteiger partial charge on any atom is -0.494 e. The van der Waals surface area contributed by atoms with E-state index in [0.29, 0.717) is 17.0 Å². The van der Waals surface area contributed by atoms with Crippen molar-refractivity contribution >= 4 is 45.0 Å². The van der Waals surface area contributed by atoms with Crippen LogP contribution in [0.25, 0.3) is 0 Å². The lowest BCUT2D eigenvalue weighted by molar-refractivity contribution is 0.340. The van der Waals surface area contributed by atoms with Crippen molar-refractivity contribution in [2.45, 2.75) is 16.5 Å². The summed E-state index contributed by atoms with van der Waals surface area (Å²) in [4.78, 5) is 4.65. The van der Waals surface area contributed by atoms with Gasteiger partial charge in [-0.2, -0.15) is 0 Å². The third-order valence-electron chi connectivity index (χ3n) is 2.94. The van der Waals surface area contributed by atoms with Crippen molar-refractivity contribution < 1.29 is 4.74 Å². The first kappa shape index (κ1) is 15.6. The van der Waals surface area contributed by atoms with Crippen LogP contribution in [0.15, 0.2) is 33.6 Å². The van der Waals surface area contributed by atoms with E-state index in [0.717, 1.165) is 33.0 Å². The summed E-state index contributed by atoms with van der Waals surface area (Å²) in [6.07, 6.45) is 0. The SMILES string of the molecule is CCOc1ccc(C2=NC[C@@H](CSc3nnc(N)s3)S2)cc1. The van der Waals surface area contributed by atoms with Gasteiger partial charge in [0.2, 0.25) is 5.13 Å². The van der Waals surface area contributed by atoms with Gasteiger partial charge in [0.05, 0.1) is 18.2 Å². The van der Waals surface area contributed by atoms with Crippen LogP contribution in [-0.2, 0) is 0 Å². The number of nitrogens with two attached hydrogens (primary N) is 1. The average Bonchev–Trinajstić information content (AvgIpc) is 3.15. The average molecular weight is 353 g/mol. The fourth-order valence-corrected chi connectivity index (χ4v) is 4.90. The smallest absolute Gasteiger partial charge is 0.203 e. The summed E-state index contributed by atoms with van der Waals surface area (Å²) >= 11 is 4.95. The summed E-state index contributed by atoms with van der Waals surface area (Å²) in [5.74, 6) is 1.86. The van der Waals surface area contributed by atoms with Crippen LogP contribution in [-0.4, -0.2) is 39.4 Å². The molecule has 1 aromatic carbocycles. The van der Waals surface area contributed by atoms with Gasteiger partial charge in [-0.25, -0.2) is 0 Å². The van der Waals surface area contributed by atoms with E-state index in [1.54, 1.807) is 11.8 Å². The van der Waals surface area contributed by atoms with Gasteiger partial charge in [0.1, 0.15) is 5.75 Å². The van der Waals surface area contributed by atoms with Crippen LogP contribution in [0.3, 0.4) is 0 Å². The van der Waals surface area contributed by atoms with Crippen LogP contribution < -0.4 is 10.5 Å². The van der Waals surface area contributed by atoms with Crippen molar-refractivity contribution in [2.24, 2.45) is 4.99 Å². The first-order chi connectivity index (χ1) is 10.7. The molecule has 2 N–H and O–H groups in total. The molecule has 116 valence electrons. The molecule has 2 heterocycles. The summed E-state index contributed by atoms with van der Waals surface area (Å²) in [5, 5.41) is 9.95. The Balaban J connectivity index is 1.52. The van der Waals surface area contributed by atoms with Crippen LogP contribution in [0.1, 0.15) is 12.5 Å². The number of nitrogens with zero attached hydrogens (tertiary/aromatic N) is 3. The van der Waals surface area contributed by atoms with Crippen molar-refractivity contribution in [3.63, 3.8) is 0 Å². The third-order valence-corrected chi connectivity index (χ3v) is 6.44. The number of thioether (sulfide) groups is 2. The quantitative estimate of drug-likeness (QED) is 0.805. The second kappa shape index (κ2) is 7.34. The largest absolute Gasteiger partial charge is 0.494 e. The molecule has 1 aliphatic heterocycles. The monoisotopic (exact) mass is 352 g/mol. The highest BCUT2D eigenvalue weighted by atomic mass is 32.2. The Morgan fingerprint density at radius 3 is 2.82 bits per heavy atom. The number of hydrogen-bond donors (Lipinski definition) is 1. The van der Waals surface area contributed by atoms with Crippen LogP contribution in [0, 0.1) is 0 Å². The van der Waals surface area contributed by atoms with E-state index in [1.807, 2.05) is 30.8 Å². The molecule has 3 rings (SSSR count). The Morgan fingerprint density at radius 2 is 2.14 bits per heavy atom. The third kappa shape index (κ3) is 3.93. The highest BCUT2D eigenvalue weighted by molar-refractivity contribution is 8.16. The molecule has 0 saturated heterocycles. The Morgan fingerprint density at radius 1 is 1.32 bits per heavy atom. The molecule has 0 aliphatic carbocycles. The van der Waals surface area contributed by atoms with Gasteiger partial charge in [0, 0.05) is 16.6 Å². The molecule has 2 aromatic rings. The van der Waals surface area contributed by atoms with E-state index >= 15 is 0 Å². The van der Waals surface area contributed by atoms with Crippen molar-refractivity contribution in [1.82, 2.24) is 10.2 Å². The van der Waals surface area contributed by atoms with Crippen molar-refractivity contribution in [1.29, 1.82) is 0 Å². The maximum atomic E-state index is 5.59. The van der Waals surface area contributed by atoms with E-state index in [9.17, 15) is 0 Å². The number of nitrogen functional groups attached to an aromatic ring is 1. The molecule has 8 heteroatoms. The Kier molecular flexibility index (Phi) is 5.22. The molecule has 0 bridgehead atoms. The van der Waals surface area contributed by atoms with Crippen LogP contribution in [0.4, 0.5) is 5.13 Å². The van der Waals surface area contributed by atoms with Gasteiger partial charge in [0.25, 0.3) is 0 Å². The lowest BCUT2D eigenvalue weighted by atomic mass is 10.2. The number of hydrogen-bond acceptors (Lipinski definition) is 8. The summed E-state index contributed by atoms with van der Waals surface area (Å²) < 4.78 is 6.39. The van der Waals surface area contributed by atoms with Crippen LogP contribution >= 0.6 is 34.9 Å². The number of benzene rings is 1. The molecular formula is C14H16N4OS3. The molecule has 0 radical (unpaired) electrons. The number of aliphatic imine (C=N–C) groups is 1. The molecular weight excluding hydrogens is 336 g/mol. The lowest BCUT2D eigenvalue weighted by Crippen LogP contribution is -2.06. The van der Waals surface area contributed by atoms with E-state index < -0.39 is 0 Å². The first-order valence-electron chi connectivity index (χ1n) is 6.90. The number of ether oxygens (including phenoxy) is 1. The second-order valence-electron chi connectivity index (χ2n) is 4.56. The van der Waals surface area contributed by atoms with E-state index in [2.05, 4.69) is 27.3 Å². The minimum atomic E-state index is 0.469. The van der Waals surface area contributed by atoms with E-state index in [-0.39, 0.29) is 0 Å². The topological polar surface area (TPSA) is 73.4 Å². The van der Waals surface area contributed by atoms with Gasteiger partial charge in [-0.3, -0.25) is 4.99 Å². The van der Waals surface area contributed by atoms with E-state index in [4.69, 9.17) is 10.5 Å². The van der Waals surface area contributed by atoms with E-state index in [1.165, 1.54) is 11.3 Å². The zero-order valence-corrected chi connectivity index (χ0v) is 14.5. The number of anilines is 1. The molecule has 5 nitrogen and oxygen atoms in total. The van der Waals surface area contributed by atoms with Crippen molar-refractivity contribution in [3.05, 3.63) is 29.8 Å². The normalized spacial score (nSPS) is 17.5. The first-order valence-corrected chi connectivity index (χ1v) is 9.59. The minimum absolute atomic E-state index is 0.469. The number of rotatable bonds is 6. The van der Waals surface area contributed by atoms with Crippen molar-refractivity contribution in [2.75, 3.05) is 24.6 Å². The second-order valence-corrected chi connectivity index (χ2v) is 8.13. The fourth-order valence-electron chi connectivity index (χ4n) is 1.97. The molecule has 0 unspecified atom stereocenters. The maximum absolute atomic E-state index is 5.59. The van der Waals surface area contributed by atoms with Gasteiger partial charge < -0.3 is 10.5 Å². The summed E-state index contributed by atoms with van der Waals surface area (Å²) in [5.41, 5.74) is 6.74. The molecule has 0 saturated carbocycles. The van der Waals surface area contributed by atoms with Gasteiger partial charge >= 0.3 is 0 Å². The molecule has 22 heavy (non-hydrogen) atoms. The zero-order valence-electron chi connectivity index (χ0n) is 12.1. The standard InChI is InChI=1S/C14H16N4OS3/c1-2-19-10-5-3-9(4-6-10)12-16-7-11(21-12)8-20-14-18-17-13(15)22-14/h3-6,11H,2,7-8H2,1H3,(H2,15,17)/t11-/m0/s1. The Labute approximate surface area is 141 Å². The summed E-state index contributed by atoms with van der Waals surface area (Å²) in [7, 11) is 0. The predicted octanol–water partition coefficient (Wildman–Crippen LogP) is 3.17. The Hall–Kier alpha value is -1.25. The number of aromatic nitrogens is 2. The molecule has 1 aromatic heterocycles. The fraction of sp³-hybridized carbons (Fsp3) is 0.357. The lowest BCUT2D eigenvalue weighted by Gasteiger charge is -2.07. The van der Waals surface area contributed by atoms with Gasteiger partial charge in [-0.05, 0) is 31.2 Å². The van der Waals surface area contributed by atoms with Gasteiger partial charge in [0.15, 0.2) is 4.34 Å².